The molecule has 7 heteroatoms. The lowest BCUT2D eigenvalue weighted by Crippen LogP contribution is -2.24. The number of benzene rings is 2. The smallest absolute Gasteiger partial charge is 0.316 e. The van der Waals surface area contributed by atoms with Gasteiger partial charge in [-0.15, -0.1) is 11.8 Å². The van der Waals surface area contributed by atoms with E-state index in [0.717, 1.165) is 17.3 Å². The number of nitrogens with two attached hydrogens (primary N) is 1. The van der Waals surface area contributed by atoms with Crippen molar-refractivity contribution in [1.29, 1.82) is 0 Å². The van der Waals surface area contributed by atoms with Crippen LogP contribution in [-0.4, -0.2) is 17.7 Å². The first-order valence-corrected chi connectivity index (χ1v) is 7.82. The summed E-state index contributed by atoms with van der Waals surface area (Å²) in [5, 5.41) is 5.21. The third-order valence-corrected chi connectivity index (χ3v) is 3.96. The molecule has 5 nitrogen and oxygen atoms in total. The van der Waals surface area contributed by atoms with E-state index in [1.54, 1.807) is 42.5 Å². The molecule has 0 saturated heterocycles. The Kier molecular flexibility index (Phi) is 5.99. The Bertz CT molecular complexity index is 692. The minimum atomic E-state index is -0.628. The molecule has 0 radical (unpaired) electrons. The molecule has 0 aliphatic rings. The van der Waals surface area contributed by atoms with E-state index in [1.807, 2.05) is 0 Å². The molecule has 0 atom stereocenters. The van der Waals surface area contributed by atoms with Crippen molar-refractivity contribution in [2.45, 2.75) is 11.4 Å². The van der Waals surface area contributed by atoms with E-state index in [9.17, 15) is 14.0 Å². The molecule has 0 fully saturated rings. The Morgan fingerprint density at radius 1 is 1.09 bits per heavy atom. The van der Waals surface area contributed by atoms with E-state index in [2.05, 4.69) is 10.6 Å². The predicted molar refractivity (Wildman–Crippen MR) is 88.6 cm³/mol. The standard InChI is InChI=1S/C16H16FN3O2S/c17-13-3-1-2-4-14(13)23-10-15(21)19-9-11-5-7-12(8-6-11)20-16(18)22/h1-8H,9-10H2,(H,19,21)(H3,18,20,22). The largest absolute Gasteiger partial charge is 0.351 e. The number of carbonyl (C=O) groups excluding carboxylic acids is 2. The fourth-order valence-corrected chi connectivity index (χ4v) is 2.57. The highest BCUT2D eigenvalue weighted by molar-refractivity contribution is 8.00. The molecule has 2 aromatic carbocycles. The zero-order chi connectivity index (χ0) is 16.7. The first-order valence-electron chi connectivity index (χ1n) is 6.84. The molecular formula is C16H16FN3O2S. The highest BCUT2D eigenvalue weighted by Gasteiger charge is 2.06. The average molecular weight is 333 g/mol. The van der Waals surface area contributed by atoms with Crippen LogP contribution in [0.3, 0.4) is 0 Å². The number of primary amides is 1. The van der Waals surface area contributed by atoms with E-state index in [1.165, 1.54) is 6.07 Å². The molecule has 23 heavy (non-hydrogen) atoms. The van der Waals surface area contributed by atoms with Crippen molar-refractivity contribution in [2.24, 2.45) is 5.73 Å². The molecule has 2 aromatic rings. The van der Waals surface area contributed by atoms with Gasteiger partial charge in [0.05, 0.1) is 5.75 Å². The van der Waals surface area contributed by atoms with Crippen LogP contribution in [-0.2, 0) is 11.3 Å². The van der Waals surface area contributed by atoms with E-state index in [-0.39, 0.29) is 17.5 Å². The molecular weight excluding hydrogens is 317 g/mol. The average Bonchev–Trinajstić information content (AvgIpc) is 2.53. The minimum Gasteiger partial charge on any atom is -0.351 e. The number of rotatable bonds is 6. The van der Waals surface area contributed by atoms with Crippen molar-refractivity contribution in [3.8, 4) is 0 Å². The van der Waals surface area contributed by atoms with Gasteiger partial charge in [-0.3, -0.25) is 4.79 Å². The quantitative estimate of drug-likeness (QED) is 0.711. The molecule has 0 unspecified atom stereocenters. The van der Waals surface area contributed by atoms with Gasteiger partial charge in [-0.2, -0.15) is 0 Å². The molecule has 0 heterocycles. The Hall–Kier alpha value is -2.54. The number of hydrogen-bond donors (Lipinski definition) is 3. The SMILES string of the molecule is NC(=O)Nc1ccc(CNC(=O)CSc2ccccc2F)cc1. The van der Waals surface area contributed by atoms with Crippen LogP contribution in [0, 0.1) is 5.82 Å². The highest BCUT2D eigenvalue weighted by atomic mass is 32.2. The summed E-state index contributed by atoms with van der Waals surface area (Å²) in [6.07, 6.45) is 0. The van der Waals surface area contributed by atoms with Gasteiger partial charge < -0.3 is 16.4 Å². The van der Waals surface area contributed by atoms with Crippen LogP contribution in [0.15, 0.2) is 53.4 Å². The Morgan fingerprint density at radius 3 is 2.43 bits per heavy atom. The van der Waals surface area contributed by atoms with E-state index in [0.29, 0.717) is 17.1 Å². The minimum absolute atomic E-state index is 0.141. The van der Waals surface area contributed by atoms with Crippen LogP contribution in [0.1, 0.15) is 5.56 Å². The van der Waals surface area contributed by atoms with E-state index >= 15 is 0 Å². The van der Waals surface area contributed by atoms with Gasteiger partial charge in [-0.25, -0.2) is 9.18 Å². The number of amides is 3. The summed E-state index contributed by atoms with van der Waals surface area (Å²) in [7, 11) is 0. The highest BCUT2D eigenvalue weighted by Crippen LogP contribution is 2.20. The molecule has 0 aliphatic carbocycles. The Balaban J connectivity index is 1.78. The number of halogens is 1. The fourth-order valence-electron chi connectivity index (χ4n) is 1.80. The zero-order valence-electron chi connectivity index (χ0n) is 12.2. The second kappa shape index (κ2) is 8.19. The number of carbonyl (C=O) groups is 2. The number of nitrogens with one attached hydrogen (secondary N) is 2. The van der Waals surface area contributed by atoms with Crippen molar-refractivity contribution in [1.82, 2.24) is 5.32 Å². The fraction of sp³-hybridized carbons (Fsp3) is 0.125. The second-order valence-electron chi connectivity index (χ2n) is 4.68. The zero-order valence-corrected chi connectivity index (χ0v) is 13.0. The molecule has 0 aromatic heterocycles. The van der Waals surface area contributed by atoms with Crippen LogP contribution >= 0.6 is 11.8 Å². The van der Waals surface area contributed by atoms with Gasteiger partial charge in [0, 0.05) is 17.1 Å². The number of urea groups is 1. The molecule has 0 bridgehead atoms. The molecule has 2 rings (SSSR count). The van der Waals surface area contributed by atoms with Gasteiger partial charge in [0.15, 0.2) is 0 Å². The molecule has 4 N–H and O–H groups in total. The Labute approximate surface area is 137 Å². The lowest BCUT2D eigenvalue weighted by Gasteiger charge is -2.07. The van der Waals surface area contributed by atoms with Crippen LogP contribution < -0.4 is 16.4 Å². The van der Waals surface area contributed by atoms with Crippen molar-refractivity contribution >= 4 is 29.4 Å². The third-order valence-electron chi connectivity index (χ3n) is 2.91. The monoisotopic (exact) mass is 333 g/mol. The van der Waals surface area contributed by atoms with Gasteiger partial charge in [-0.05, 0) is 29.8 Å². The normalized spacial score (nSPS) is 10.1. The summed E-state index contributed by atoms with van der Waals surface area (Å²) in [5.41, 5.74) is 6.48. The molecule has 3 amide bonds. The van der Waals surface area contributed by atoms with Gasteiger partial charge in [0.1, 0.15) is 5.82 Å². The van der Waals surface area contributed by atoms with Gasteiger partial charge >= 0.3 is 6.03 Å². The summed E-state index contributed by atoms with van der Waals surface area (Å²) in [5.74, 6) is -0.372. The van der Waals surface area contributed by atoms with Gasteiger partial charge in [0.2, 0.25) is 5.91 Å². The number of anilines is 1. The molecule has 0 spiro atoms. The summed E-state index contributed by atoms with van der Waals surface area (Å²) >= 11 is 1.15. The van der Waals surface area contributed by atoms with Gasteiger partial charge in [-0.1, -0.05) is 24.3 Å². The number of thioether (sulfide) groups is 1. The lowest BCUT2D eigenvalue weighted by atomic mass is 10.2. The maximum atomic E-state index is 13.4. The third kappa shape index (κ3) is 5.63. The summed E-state index contributed by atoms with van der Waals surface area (Å²) in [4.78, 5) is 22.9. The molecule has 0 saturated carbocycles. The maximum Gasteiger partial charge on any atom is 0.316 e. The van der Waals surface area contributed by atoms with E-state index in [4.69, 9.17) is 5.73 Å². The maximum absolute atomic E-state index is 13.4. The first kappa shape index (κ1) is 16.8. The van der Waals surface area contributed by atoms with Crippen LogP contribution in [0.5, 0.6) is 0 Å². The first-order chi connectivity index (χ1) is 11.0. The van der Waals surface area contributed by atoms with Gasteiger partial charge in [0.25, 0.3) is 0 Å². The molecule has 120 valence electrons. The topological polar surface area (TPSA) is 84.2 Å². The number of hydrogen-bond acceptors (Lipinski definition) is 3. The van der Waals surface area contributed by atoms with E-state index < -0.39 is 6.03 Å². The lowest BCUT2D eigenvalue weighted by molar-refractivity contribution is -0.118. The van der Waals surface area contributed by atoms with Crippen molar-refractivity contribution in [3.05, 3.63) is 59.9 Å². The predicted octanol–water partition coefficient (Wildman–Crippen LogP) is 2.72. The molecule has 0 aliphatic heterocycles. The van der Waals surface area contributed by atoms with Crippen molar-refractivity contribution in [3.63, 3.8) is 0 Å². The summed E-state index contributed by atoms with van der Waals surface area (Å²) in [6, 6.07) is 12.6. The summed E-state index contributed by atoms with van der Waals surface area (Å²) < 4.78 is 13.4. The van der Waals surface area contributed by atoms with Crippen LogP contribution in [0.4, 0.5) is 14.9 Å². The second-order valence-corrected chi connectivity index (χ2v) is 5.70. The van der Waals surface area contributed by atoms with Crippen LogP contribution in [0.25, 0.3) is 0 Å². The van der Waals surface area contributed by atoms with Crippen molar-refractivity contribution in [2.75, 3.05) is 11.1 Å². The summed E-state index contributed by atoms with van der Waals surface area (Å²) in [6.45, 7) is 0.355. The Morgan fingerprint density at radius 2 is 1.78 bits per heavy atom. The van der Waals surface area contributed by atoms with Crippen molar-refractivity contribution < 1.29 is 14.0 Å². The van der Waals surface area contributed by atoms with Crippen LogP contribution in [0.2, 0.25) is 0 Å².